The van der Waals surface area contributed by atoms with Gasteiger partial charge in [-0.05, 0) is 35.9 Å². The van der Waals surface area contributed by atoms with E-state index in [1.54, 1.807) is 25.3 Å². The number of hydrogen-bond donors (Lipinski definition) is 1. The Morgan fingerprint density at radius 3 is 2.73 bits per heavy atom. The standard InChI is InChI=1S/C19H16ClN3O3/c1-25-14-9-6-13(7-10-14)8-11-17(24)21-12-18-22-19(23-26-18)15-4-2-3-5-16(15)20/h2-11H,12H2,1H3,(H,21,24). The lowest BCUT2D eigenvalue weighted by Gasteiger charge is -1.99. The van der Waals surface area contributed by atoms with Gasteiger partial charge in [-0.2, -0.15) is 4.98 Å². The van der Waals surface area contributed by atoms with Gasteiger partial charge in [-0.1, -0.05) is 41.0 Å². The second kappa shape index (κ2) is 8.31. The van der Waals surface area contributed by atoms with Crippen molar-refractivity contribution < 1.29 is 14.1 Å². The molecule has 0 spiro atoms. The van der Waals surface area contributed by atoms with Gasteiger partial charge in [0.2, 0.25) is 17.6 Å². The maximum atomic E-state index is 11.9. The predicted octanol–water partition coefficient (Wildman–Crippen LogP) is 3.73. The molecule has 0 unspecified atom stereocenters. The number of nitrogens with one attached hydrogen (secondary N) is 1. The molecule has 0 radical (unpaired) electrons. The minimum Gasteiger partial charge on any atom is -0.497 e. The third kappa shape index (κ3) is 4.49. The number of carbonyl (C=O) groups is 1. The molecule has 1 aromatic heterocycles. The number of hydrogen-bond acceptors (Lipinski definition) is 5. The third-order valence-corrected chi connectivity index (χ3v) is 3.87. The Bertz CT molecular complexity index is 920. The van der Waals surface area contributed by atoms with Gasteiger partial charge in [0, 0.05) is 11.6 Å². The average molecular weight is 370 g/mol. The quantitative estimate of drug-likeness (QED) is 0.670. The van der Waals surface area contributed by atoms with Crippen molar-refractivity contribution in [2.24, 2.45) is 0 Å². The molecule has 7 heteroatoms. The topological polar surface area (TPSA) is 77.2 Å². The first-order chi connectivity index (χ1) is 12.7. The van der Waals surface area contributed by atoms with Gasteiger partial charge in [-0.25, -0.2) is 0 Å². The summed E-state index contributed by atoms with van der Waals surface area (Å²) in [6, 6.07) is 14.6. The van der Waals surface area contributed by atoms with Crippen molar-refractivity contribution >= 4 is 23.6 Å². The zero-order valence-corrected chi connectivity index (χ0v) is 14.7. The summed E-state index contributed by atoms with van der Waals surface area (Å²) in [5.74, 6) is 1.18. The normalized spacial score (nSPS) is 10.8. The first-order valence-corrected chi connectivity index (χ1v) is 8.21. The fourth-order valence-corrected chi connectivity index (χ4v) is 2.41. The summed E-state index contributed by atoms with van der Waals surface area (Å²) in [6.07, 6.45) is 3.14. The molecule has 0 atom stereocenters. The zero-order chi connectivity index (χ0) is 18.4. The Morgan fingerprint density at radius 1 is 1.23 bits per heavy atom. The highest BCUT2D eigenvalue weighted by molar-refractivity contribution is 6.33. The lowest BCUT2D eigenvalue weighted by Crippen LogP contribution is -2.20. The number of ether oxygens (including phenoxy) is 1. The number of halogens is 1. The van der Waals surface area contributed by atoms with Crippen LogP contribution in [0.5, 0.6) is 5.75 Å². The number of methoxy groups -OCH3 is 1. The molecule has 0 fully saturated rings. The van der Waals surface area contributed by atoms with Gasteiger partial charge in [0.05, 0.1) is 18.7 Å². The van der Waals surface area contributed by atoms with Crippen molar-refractivity contribution in [1.29, 1.82) is 0 Å². The van der Waals surface area contributed by atoms with Crippen LogP contribution in [-0.2, 0) is 11.3 Å². The van der Waals surface area contributed by atoms with Crippen molar-refractivity contribution in [3.8, 4) is 17.1 Å². The fourth-order valence-electron chi connectivity index (χ4n) is 2.19. The fraction of sp³-hybridized carbons (Fsp3) is 0.105. The summed E-state index contributed by atoms with van der Waals surface area (Å²) in [6.45, 7) is 0.128. The van der Waals surface area contributed by atoms with Gasteiger partial charge < -0.3 is 14.6 Å². The first kappa shape index (κ1) is 17.7. The van der Waals surface area contributed by atoms with E-state index < -0.39 is 0 Å². The Labute approximate surface area is 155 Å². The number of amides is 1. The van der Waals surface area contributed by atoms with Crippen molar-refractivity contribution in [2.75, 3.05) is 7.11 Å². The Kier molecular flexibility index (Phi) is 5.66. The Morgan fingerprint density at radius 2 is 2.00 bits per heavy atom. The van der Waals surface area contributed by atoms with E-state index in [9.17, 15) is 4.79 Å². The van der Waals surface area contributed by atoms with E-state index in [0.29, 0.717) is 22.3 Å². The van der Waals surface area contributed by atoms with E-state index >= 15 is 0 Å². The molecular formula is C19H16ClN3O3. The van der Waals surface area contributed by atoms with Crippen LogP contribution in [0.3, 0.4) is 0 Å². The molecule has 3 rings (SSSR count). The summed E-state index contributed by atoms with van der Waals surface area (Å²) in [4.78, 5) is 16.1. The molecule has 1 heterocycles. The Balaban J connectivity index is 1.56. The molecule has 1 N–H and O–H groups in total. The zero-order valence-electron chi connectivity index (χ0n) is 14.0. The van der Waals surface area contributed by atoms with Crippen molar-refractivity contribution in [2.45, 2.75) is 6.54 Å². The smallest absolute Gasteiger partial charge is 0.246 e. The van der Waals surface area contributed by atoms with Crippen LogP contribution >= 0.6 is 11.6 Å². The molecule has 0 aliphatic carbocycles. The lowest BCUT2D eigenvalue weighted by atomic mass is 10.2. The minimum absolute atomic E-state index is 0.128. The van der Waals surface area contributed by atoms with Crippen LogP contribution in [0.4, 0.5) is 0 Å². The van der Waals surface area contributed by atoms with Crippen LogP contribution in [0.2, 0.25) is 5.02 Å². The van der Waals surface area contributed by atoms with E-state index in [-0.39, 0.29) is 12.5 Å². The second-order valence-corrected chi connectivity index (χ2v) is 5.72. The molecular weight excluding hydrogens is 354 g/mol. The van der Waals surface area contributed by atoms with Gasteiger partial charge in [-0.15, -0.1) is 0 Å². The number of aromatic nitrogens is 2. The largest absolute Gasteiger partial charge is 0.497 e. The van der Waals surface area contributed by atoms with Gasteiger partial charge in [0.15, 0.2) is 0 Å². The summed E-state index contributed by atoms with van der Waals surface area (Å²) < 4.78 is 10.2. The maximum Gasteiger partial charge on any atom is 0.246 e. The molecule has 0 aliphatic heterocycles. The first-order valence-electron chi connectivity index (χ1n) is 7.83. The molecule has 0 saturated carbocycles. The van der Waals surface area contributed by atoms with Crippen LogP contribution in [0, 0.1) is 0 Å². The third-order valence-electron chi connectivity index (χ3n) is 3.54. The highest BCUT2D eigenvalue weighted by Gasteiger charge is 2.11. The van der Waals surface area contributed by atoms with Gasteiger partial charge in [-0.3, -0.25) is 4.79 Å². The molecule has 0 saturated heterocycles. The summed E-state index contributed by atoms with van der Waals surface area (Å²) in [5, 5.41) is 7.11. The van der Waals surface area contributed by atoms with Crippen LogP contribution in [-0.4, -0.2) is 23.2 Å². The van der Waals surface area contributed by atoms with E-state index in [0.717, 1.165) is 11.3 Å². The monoisotopic (exact) mass is 369 g/mol. The van der Waals surface area contributed by atoms with E-state index in [4.69, 9.17) is 20.9 Å². The molecule has 6 nitrogen and oxygen atoms in total. The molecule has 0 aliphatic rings. The number of carbonyl (C=O) groups excluding carboxylic acids is 1. The SMILES string of the molecule is COc1ccc(C=CC(=O)NCc2nc(-c3ccccc3Cl)no2)cc1. The molecule has 0 bridgehead atoms. The van der Waals surface area contributed by atoms with Crippen LogP contribution in [0.25, 0.3) is 17.5 Å². The molecule has 2 aromatic carbocycles. The van der Waals surface area contributed by atoms with Gasteiger partial charge in [0.1, 0.15) is 5.75 Å². The minimum atomic E-state index is -0.265. The molecule has 1 amide bonds. The Hall–Kier alpha value is -3.12. The van der Waals surface area contributed by atoms with Crippen LogP contribution < -0.4 is 10.1 Å². The predicted molar refractivity (Wildman–Crippen MR) is 98.6 cm³/mol. The summed E-state index contributed by atoms with van der Waals surface area (Å²) >= 11 is 6.11. The van der Waals surface area contributed by atoms with Gasteiger partial charge >= 0.3 is 0 Å². The van der Waals surface area contributed by atoms with E-state index in [1.807, 2.05) is 36.4 Å². The van der Waals surface area contributed by atoms with Crippen LogP contribution in [0.1, 0.15) is 11.5 Å². The molecule has 3 aromatic rings. The van der Waals surface area contributed by atoms with Crippen LogP contribution in [0.15, 0.2) is 59.1 Å². The molecule has 26 heavy (non-hydrogen) atoms. The van der Waals surface area contributed by atoms with Gasteiger partial charge in [0.25, 0.3) is 0 Å². The maximum absolute atomic E-state index is 11.9. The van der Waals surface area contributed by atoms with Crippen molar-refractivity contribution in [3.05, 3.63) is 71.1 Å². The average Bonchev–Trinajstić information content (AvgIpc) is 3.14. The summed E-state index contributed by atoms with van der Waals surface area (Å²) in [7, 11) is 1.60. The van der Waals surface area contributed by atoms with E-state index in [1.165, 1.54) is 6.08 Å². The molecule has 132 valence electrons. The van der Waals surface area contributed by atoms with E-state index in [2.05, 4.69) is 15.5 Å². The lowest BCUT2D eigenvalue weighted by molar-refractivity contribution is -0.116. The highest BCUT2D eigenvalue weighted by Crippen LogP contribution is 2.24. The van der Waals surface area contributed by atoms with Crippen molar-refractivity contribution in [1.82, 2.24) is 15.5 Å². The number of benzene rings is 2. The van der Waals surface area contributed by atoms with Crippen molar-refractivity contribution in [3.63, 3.8) is 0 Å². The second-order valence-electron chi connectivity index (χ2n) is 5.32. The number of nitrogens with zero attached hydrogens (tertiary/aromatic N) is 2. The number of rotatable bonds is 6. The summed E-state index contributed by atoms with van der Waals surface area (Å²) in [5.41, 5.74) is 1.56. The highest BCUT2D eigenvalue weighted by atomic mass is 35.5.